The maximum absolute atomic E-state index is 12.0. The van der Waals surface area contributed by atoms with E-state index < -0.39 is 11.6 Å². The van der Waals surface area contributed by atoms with Crippen LogP contribution in [0, 0.1) is 50.4 Å². The number of aryl methyl sites for hydroxylation is 4. The molecule has 1 heterocycles. The molecule has 0 aliphatic carbocycles. The zero-order valence-corrected chi connectivity index (χ0v) is 23.8. The Kier molecular flexibility index (Phi) is 9.12. The van der Waals surface area contributed by atoms with Crippen molar-refractivity contribution in [2.75, 3.05) is 0 Å². The van der Waals surface area contributed by atoms with Gasteiger partial charge in [0, 0.05) is 22.3 Å². The third kappa shape index (κ3) is 6.88. The summed E-state index contributed by atoms with van der Waals surface area (Å²) in [4.78, 5) is 32.8. The second-order valence-electron chi connectivity index (χ2n) is 9.96. The molecule has 6 nitrogen and oxygen atoms in total. The number of carbonyl (C=O) groups is 2. The van der Waals surface area contributed by atoms with Crippen LogP contribution in [0.15, 0.2) is 97.1 Å². The Hall–Kier alpha value is -5.72. The van der Waals surface area contributed by atoms with Crippen LogP contribution in [-0.2, 0) is 0 Å². The molecule has 0 fully saturated rings. The predicted molar refractivity (Wildman–Crippen MR) is 163 cm³/mol. The third-order valence-corrected chi connectivity index (χ3v) is 6.59. The second-order valence-corrected chi connectivity index (χ2v) is 9.96. The highest BCUT2D eigenvalue weighted by Crippen LogP contribution is 2.30. The number of hydrogen-bond donors (Lipinski definition) is 0. The van der Waals surface area contributed by atoms with Crippen molar-refractivity contribution < 1.29 is 9.59 Å². The zero-order chi connectivity index (χ0) is 30.2. The Labute approximate surface area is 245 Å². The van der Waals surface area contributed by atoms with Gasteiger partial charge in [-0.2, -0.15) is 10.5 Å². The normalized spacial score (nSPS) is 10.0. The van der Waals surface area contributed by atoms with E-state index in [9.17, 15) is 20.1 Å². The van der Waals surface area contributed by atoms with E-state index in [1.54, 1.807) is 24.3 Å². The summed E-state index contributed by atoms with van der Waals surface area (Å²) in [7, 11) is 0. The fourth-order valence-electron chi connectivity index (χ4n) is 4.09. The van der Waals surface area contributed by atoms with Gasteiger partial charge in [0.05, 0.1) is 11.4 Å². The van der Waals surface area contributed by atoms with Gasteiger partial charge in [0.15, 0.2) is 11.4 Å². The summed E-state index contributed by atoms with van der Waals surface area (Å²) in [5, 5.41) is 18.5. The first kappa shape index (κ1) is 29.3. The molecule has 0 bridgehead atoms. The maximum Gasteiger partial charge on any atom is 0.233 e. The van der Waals surface area contributed by atoms with Crippen molar-refractivity contribution in [3.05, 3.63) is 142 Å². The lowest BCUT2D eigenvalue weighted by molar-refractivity contribution is 0.0817. The fraction of sp³-hybridized carbons (Fsp3) is 0.111. The van der Waals surface area contributed by atoms with Crippen molar-refractivity contribution in [1.29, 1.82) is 10.5 Å². The van der Waals surface area contributed by atoms with Gasteiger partial charge in [-0.3, -0.25) is 9.59 Å². The number of nitrogens with zero attached hydrogens (tertiary/aromatic N) is 4. The Bertz CT molecular complexity index is 1690. The topological polar surface area (TPSA) is 108 Å². The standard InChI is InChI=1S/C20H14N4.C16H14O2/c1-13-3-7-15(8-4-13)19-20(16-9-5-14(2)6-10-16)24-18(12-22)17(11-21)23-19;1-11-3-7-13(8-4-11)15(17)16(18)14-9-5-12(2)6-10-14/h3-10H,1-2H3;3-10H,1-2H3. The van der Waals surface area contributed by atoms with Crippen LogP contribution in [0.4, 0.5) is 0 Å². The molecule has 6 heteroatoms. The number of nitriles is 2. The number of benzene rings is 4. The molecule has 0 radical (unpaired) electrons. The number of ketones is 2. The fourth-order valence-corrected chi connectivity index (χ4v) is 4.09. The summed E-state index contributed by atoms with van der Waals surface area (Å²) < 4.78 is 0. The van der Waals surface area contributed by atoms with Crippen LogP contribution < -0.4 is 0 Å². The van der Waals surface area contributed by atoms with Gasteiger partial charge < -0.3 is 0 Å². The van der Waals surface area contributed by atoms with Gasteiger partial charge in [-0.15, -0.1) is 0 Å². The van der Waals surface area contributed by atoms with E-state index in [0.717, 1.165) is 33.4 Å². The molecular weight excluding hydrogens is 520 g/mol. The summed E-state index contributed by atoms with van der Waals surface area (Å²) >= 11 is 0. The second kappa shape index (κ2) is 13.1. The summed E-state index contributed by atoms with van der Waals surface area (Å²) in [6, 6.07) is 33.7. The van der Waals surface area contributed by atoms with Crippen molar-refractivity contribution >= 4 is 11.6 Å². The number of aromatic nitrogens is 2. The minimum absolute atomic E-state index is 0.0453. The minimum Gasteiger partial charge on any atom is -0.285 e. The SMILES string of the molecule is Cc1ccc(-c2nc(C#N)c(C#N)nc2-c2ccc(C)cc2)cc1.Cc1ccc(C(=O)C(=O)c2ccc(C)cc2)cc1. The number of hydrogen-bond acceptors (Lipinski definition) is 6. The van der Waals surface area contributed by atoms with Crippen LogP contribution in [-0.4, -0.2) is 21.5 Å². The lowest BCUT2D eigenvalue weighted by Crippen LogP contribution is -2.14. The smallest absolute Gasteiger partial charge is 0.233 e. The molecule has 0 spiro atoms. The van der Waals surface area contributed by atoms with Gasteiger partial charge in [-0.1, -0.05) is 119 Å². The van der Waals surface area contributed by atoms with Crippen molar-refractivity contribution in [1.82, 2.24) is 9.97 Å². The Morgan fingerprint density at radius 3 is 1.00 bits per heavy atom. The molecule has 0 unspecified atom stereocenters. The molecule has 0 aliphatic rings. The minimum atomic E-state index is -0.459. The van der Waals surface area contributed by atoms with Crippen molar-refractivity contribution in [2.45, 2.75) is 27.7 Å². The van der Waals surface area contributed by atoms with Crippen molar-refractivity contribution in [3.8, 4) is 34.7 Å². The first-order valence-corrected chi connectivity index (χ1v) is 13.3. The Balaban J connectivity index is 0.000000201. The van der Waals surface area contributed by atoms with Crippen LogP contribution in [0.1, 0.15) is 54.4 Å². The lowest BCUT2D eigenvalue weighted by atomic mass is 10.00. The predicted octanol–water partition coefficient (Wildman–Crippen LogP) is 7.54. The molecular formula is C36H28N4O2. The summed E-state index contributed by atoms with van der Waals surface area (Å²) in [6.45, 7) is 7.90. The lowest BCUT2D eigenvalue weighted by Gasteiger charge is -2.10. The zero-order valence-electron chi connectivity index (χ0n) is 23.8. The van der Waals surface area contributed by atoms with Crippen LogP contribution in [0.25, 0.3) is 22.5 Å². The van der Waals surface area contributed by atoms with E-state index in [1.165, 1.54) is 0 Å². The van der Waals surface area contributed by atoms with E-state index in [2.05, 4.69) is 9.97 Å². The monoisotopic (exact) mass is 548 g/mol. The number of Topliss-reactive ketones (excluding diaryl/α,β-unsaturated/α-hetero) is 2. The molecule has 204 valence electrons. The summed E-state index contributed by atoms with van der Waals surface area (Å²) in [5.74, 6) is -0.919. The van der Waals surface area contributed by atoms with Crippen LogP contribution in [0.5, 0.6) is 0 Å². The van der Waals surface area contributed by atoms with Crippen molar-refractivity contribution in [2.24, 2.45) is 0 Å². The number of carbonyl (C=O) groups excluding carboxylic acids is 2. The molecule has 0 aliphatic heterocycles. The molecule has 0 amide bonds. The molecule has 0 saturated heterocycles. The quantitative estimate of drug-likeness (QED) is 0.166. The van der Waals surface area contributed by atoms with E-state index in [4.69, 9.17) is 0 Å². The highest BCUT2D eigenvalue weighted by atomic mass is 16.2. The van der Waals surface area contributed by atoms with Crippen LogP contribution >= 0.6 is 0 Å². The first-order chi connectivity index (χ1) is 20.2. The van der Waals surface area contributed by atoms with Crippen LogP contribution in [0.2, 0.25) is 0 Å². The molecule has 0 atom stereocenters. The largest absolute Gasteiger partial charge is 0.285 e. The van der Waals surface area contributed by atoms with E-state index in [1.807, 2.05) is 113 Å². The highest BCUT2D eigenvalue weighted by molar-refractivity contribution is 6.49. The average Bonchev–Trinajstić information content (AvgIpc) is 3.01. The van der Waals surface area contributed by atoms with Gasteiger partial charge >= 0.3 is 0 Å². The molecule has 42 heavy (non-hydrogen) atoms. The molecule has 0 saturated carbocycles. The van der Waals surface area contributed by atoms with Crippen LogP contribution in [0.3, 0.4) is 0 Å². The maximum atomic E-state index is 12.0. The average molecular weight is 549 g/mol. The van der Waals surface area contributed by atoms with Gasteiger partial charge in [0.1, 0.15) is 12.1 Å². The summed E-state index contributed by atoms with van der Waals surface area (Å²) in [5.41, 5.74) is 8.31. The van der Waals surface area contributed by atoms with E-state index in [0.29, 0.717) is 22.5 Å². The van der Waals surface area contributed by atoms with Gasteiger partial charge in [-0.25, -0.2) is 9.97 Å². The van der Waals surface area contributed by atoms with Crippen molar-refractivity contribution in [3.63, 3.8) is 0 Å². The van der Waals surface area contributed by atoms with Gasteiger partial charge in [-0.05, 0) is 27.7 Å². The molecule has 4 aromatic carbocycles. The molecule has 5 aromatic rings. The highest BCUT2D eigenvalue weighted by Gasteiger charge is 2.18. The van der Waals surface area contributed by atoms with Gasteiger partial charge in [0.2, 0.25) is 11.6 Å². The Morgan fingerprint density at radius 1 is 0.476 bits per heavy atom. The Morgan fingerprint density at radius 2 is 0.738 bits per heavy atom. The summed E-state index contributed by atoms with van der Waals surface area (Å²) in [6.07, 6.45) is 0. The third-order valence-electron chi connectivity index (χ3n) is 6.59. The molecule has 1 aromatic heterocycles. The first-order valence-electron chi connectivity index (χ1n) is 13.3. The van der Waals surface area contributed by atoms with E-state index in [-0.39, 0.29) is 11.4 Å². The van der Waals surface area contributed by atoms with Gasteiger partial charge in [0.25, 0.3) is 0 Å². The van der Waals surface area contributed by atoms with E-state index >= 15 is 0 Å². The molecule has 0 N–H and O–H groups in total. The number of rotatable bonds is 5. The molecule has 5 rings (SSSR count).